The van der Waals surface area contributed by atoms with Crippen LogP contribution >= 0.6 is 0 Å². The van der Waals surface area contributed by atoms with Crippen LogP contribution in [0, 0.1) is 17.3 Å². The zero-order valence-electron chi connectivity index (χ0n) is 20.9. The fourth-order valence-electron chi connectivity index (χ4n) is 5.63. The van der Waals surface area contributed by atoms with Crippen molar-refractivity contribution in [2.24, 2.45) is 23.0 Å². The number of carbonyl (C=O) groups excluding carboxylic acids is 2. The summed E-state index contributed by atoms with van der Waals surface area (Å²) in [5.74, 6) is 1.25. The molecule has 3 rings (SSSR count). The molecule has 0 bridgehead atoms. The van der Waals surface area contributed by atoms with Gasteiger partial charge in [0.05, 0.1) is 0 Å². The average Bonchev–Trinajstić information content (AvgIpc) is 3.19. The number of carbonyl (C=O) groups is 2. The number of hydrogen-bond acceptors (Lipinski definition) is 4. The van der Waals surface area contributed by atoms with Gasteiger partial charge in [0.25, 0.3) is 5.91 Å². The van der Waals surface area contributed by atoms with Gasteiger partial charge in [0.1, 0.15) is 5.70 Å². The molecule has 182 valence electrons. The third kappa shape index (κ3) is 6.38. The summed E-state index contributed by atoms with van der Waals surface area (Å²) >= 11 is 0. The Morgan fingerprint density at radius 1 is 1.30 bits per heavy atom. The molecular formula is C27H42N4O2. The van der Waals surface area contributed by atoms with Gasteiger partial charge in [0, 0.05) is 44.0 Å². The van der Waals surface area contributed by atoms with Crippen LogP contribution < -0.4 is 11.1 Å². The molecule has 2 unspecified atom stereocenters. The van der Waals surface area contributed by atoms with E-state index in [0.717, 1.165) is 30.9 Å². The van der Waals surface area contributed by atoms with Crippen molar-refractivity contribution in [1.29, 1.82) is 0 Å². The summed E-state index contributed by atoms with van der Waals surface area (Å²) in [5.41, 5.74) is 8.39. The zero-order chi connectivity index (χ0) is 24.2. The van der Waals surface area contributed by atoms with Crippen molar-refractivity contribution in [3.8, 4) is 0 Å². The van der Waals surface area contributed by atoms with Crippen LogP contribution in [-0.4, -0.2) is 47.3 Å². The van der Waals surface area contributed by atoms with Gasteiger partial charge in [-0.15, -0.1) is 0 Å². The van der Waals surface area contributed by atoms with Gasteiger partial charge in [-0.3, -0.25) is 9.59 Å². The third-order valence-electron chi connectivity index (χ3n) is 7.59. The summed E-state index contributed by atoms with van der Waals surface area (Å²) in [6, 6.07) is 0.0751. The maximum atomic E-state index is 13.1. The molecular weight excluding hydrogens is 412 g/mol. The Hall–Kier alpha value is -2.34. The van der Waals surface area contributed by atoms with Crippen molar-refractivity contribution in [1.82, 2.24) is 15.1 Å². The minimum atomic E-state index is -0.100. The molecule has 0 aromatic carbocycles. The Bertz CT molecular complexity index is 854. The highest BCUT2D eigenvalue weighted by atomic mass is 16.2. The Balaban J connectivity index is 1.60. The molecule has 0 aromatic rings. The fraction of sp³-hybridized carbons (Fsp3) is 0.630. The van der Waals surface area contributed by atoms with Crippen LogP contribution in [0.4, 0.5) is 0 Å². The van der Waals surface area contributed by atoms with E-state index in [4.69, 9.17) is 5.73 Å². The van der Waals surface area contributed by atoms with E-state index >= 15 is 0 Å². The molecule has 1 saturated heterocycles. The largest absolute Gasteiger partial charge is 0.350 e. The van der Waals surface area contributed by atoms with Crippen LogP contribution in [0.3, 0.4) is 0 Å². The van der Waals surface area contributed by atoms with Crippen LogP contribution in [0.15, 0.2) is 48.0 Å². The first-order valence-corrected chi connectivity index (χ1v) is 12.5. The van der Waals surface area contributed by atoms with Gasteiger partial charge in [-0.25, -0.2) is 0 Å². The van der Waals surface area contributed by atoms with Gasteiger partial charge in [-0.2, -0.15) is 0 Å². The van der Waals surface area contributed by atoms with Crippen LogP contribution in [-0.2, 0) is 9.59 Å². The lowest BCUT2D eigenvalue weighted by molar-refractivity contribution is -0.129. The van der Waals surface area contributed by atoms with Crippen LogP contribution in [0.25, 0.3) is 0 Å². The number of likely N-dealkylation sites (tertiary alicyclic amines) is 1. The topological polar surface area (TPSA) is 78.7 Å². The first-order valence-electron chi connectivity index (χ1n) is 12.5. The second kappa shape index (κ2) is 10.7. The van der Waals surface area contributed by atoms with E-state index in [1.54, 1.807) is 4.90 Å². The SMILES string of the molecule is C=C1C=CC=C(C(=O)NC[C@@H]2CCC(CC)C(C)(C)C2)N1/C=C(\C)CC(=O)N1CCC(N)C1. The average molecular weight is 455 g/mol. The molecule has 1 saturated carbocycles. The molecule has 33 heavy (non-hydrogen) atoms. The minimum Gasteiger partial charge on any atom is -0.350 e. The summed E-state index contributed by atoms with van der Waals surface area (Å²) in [5, 5.41) is 3.16. The number of amides is 2. The number of rotatable bonds is 7. The van der Waals surface area contributed by atoms with Crippen molar-refractivity contribution in [2.75, 3.05) is 19.6 Å². The maximum absolute atomic E-state index is 13.1. The molecule has 0 radical (unpaired) electrons. The highest BCUT2D eigenvalue weighted by molar-refractivity contribution is 5.94. The highest BCUT2D eigenvalue weighted by Crippen LogP contribution is 2.44. The second-order valence-electron chi connectivity index (χ2n) is 10.8. The summed E-state index contributed by atoms with van der Waals surface area (Å²) in [6.45, 7) is 15.0. The number of hydrogen-bond donors (Lipinski definition) is 2. The van der Waals surface area contributed by atoms with E-state index in [1.807, 2.05) is 36.3 Å². The summed E-state index contributed by atoms with van der Waals surface area (Å²) in [4.78, 5) is 29.3. The Morgan fingerprint density at radius 3 is 2.70 bits per heavy atom. The van der Waals surface area contributed by atoms with Gasteiger partial charge >= 0.3 is 0 Å². The first-order chi connectivity index (χ1) is 15.6. The number of nitrogens with two attached hydrogens (primary N) is 1. The van der Waals surface area contributed by atoms with E-state index in [9.17, 15) is 9.59 Å². The van der Waals surface area contributed by atoms with Crippen molar-refractivity contribution in [3.63, 3.8) is 0 Å². The van der Waals surface area contributed by atoms with E-state index in [2.05, 4.69) is 32.7 Å². The summed E-state index contributed by atoms with van der Waals surface area (Å²) in [7, 11) is 0. The quantitative estimate of drug-likeness (QED) is 0.608. The molecule has 3 aliphatic rings. The van der Waals surface area contributed by atoms with Crippen LogP contribution in [0.5, 0.6) is 0 Å². The number of nitrogens with one attached hydrogen (secondary N) is 1. The molecule has 3 atom stereocenters. The molecule has 2 amide bonds. The van der Waals surface area contributed by atoms with Gasteiger partial charge in [0.15, 0.2) is 0 Å². The zero-order valence-corrected chi connectivity index (χ0v) is 20.9. The molecule has 6 nitrogen and oxygen atoms in total. The first kappa shape index (κ1) is 25.3. The molecule has 2 heterocycles. The summed E-state index contributed by atoms with van der Waals surface area (Å²) < 4.78 is 0. The predicted molar refractivity (Wildman–Crippen MR) is 134 cm³/mol. The second-order valence-corrected chi connectivity index (χ2v) is 10.8. The van der Waals surface area contributed by atoms with Crippen molar-refractivity contribution in [2.45, 2.75) is 72.3 Å². The van der Waals surface area contributed by atoms with Crippen molar-refractivity contribution < 1.29 is 9.59 Å². The monoisotopic (exact) mass is 454 g/mol. The molecule has 2 aliphatic heterocycles. The van der Waals surface area contributed by atoms with Crippen molar-refractivity contribution >= 4 is 11.8 Å². The normalized spacial score (nSPS) is 27.5. The van der Waals surface area contributed by atoms with Gasteiger partial charge < -0.3 is 20.9 Å². The highest BCUT2D eigenvalue weighted by Gasteiger charge is 2.35. The Morgan fingerprint density at radius 2 is 2.06 bits per heavy atom. The van der Waals surface area contributed by atoms with E-state index in [1.165, 1.54) is 19.3 Å². The van der Waals surface area contributed by atoms with Crippen LogP contribution in [0.2, 0.25) is 0 Å². The van der Waals surface area contributed by atoms with E-state index < -0.39 is 0 Å². The van der Waals surface area contributed by atoms with Gasteiger partial charge in [0.2, 0.25) is 5.91 Å². The maximum Gasteiger partial charge on any atom is 0.268 e. The van der Waals surface area contributed by atoms with Crippen LogP contribution in [0.1, 0.15) is 66.2 Å². The Labute approximate surface area is 199 Å². The molecule has 1 aliphatic carbocycles. The minimum absolute atomic E-state index is 0.0751. The third-order valence-corrected chi connectivity index (χ3v) is 7.59. The molecule has 3 N–H and O–H groups in total. The Kier molecular flexibility index (Phi) is 8.22. The lowest BCUT2D eigenvalue weighted by atomic mass is 9.64. The molecule has 6 heteroatoms. The van der Waals surface area contributed by atoms with Gasteiger partial charge in [-0.05, 0) is 67.6 Å². The number of nitrogens with zero attached hydrogens (tertiary/aromatic N) is 2. The van der Waals surface area contributed by atoms with E-state index in [-0.39, 0.29) is 17.9 Å². The lowest BCUT2D eigenvalue weighted by Crippen LogP contribution is -2.40. The molecule has 2 fully saturated rings. The fourth-order valence-corrected chi connectivity index (χ4v) is 5.63. The standard InChI is InChI=1S/C27H42N4O2/c1-6-22-11-10-21(15-27(22,4)5)16-29-26(33)24-9-7-8-20(3)31(24)17-19(2)14-25(32)30-13-12-23(28)18-30/h7-9,17,21-23H,3,6,10-16,18,28H2,1-2,4-5H3,(H,29,33)/b19-17+/t21-,22?,23?/m1/s1. The van der Waals surface area contributed by atoms with E-state index in [0.29, 0.717) is 42.2 Å². The summed E-state index contributed by atoms with van der Waals surface area (Å²) in [6.07, 6.45) is 13.3. The molecule has 0 spiro atoms. The predicted octanol–water partition coefficient (Wildman–Crippen LogP) is 4.08. The van der Waals surface area contributed by atoms with Crippen molar-refractivity contribution in [3.05, 3.63) is 48.0 Å². The molecule has 0 aromatic heterocycles. The number of allylic oxidation sites excluding steroid dienone is 3. The smallest absolute Gasteiger partial charge is 0.268 e. The van der Waals surface area contributed by atoms with Gasteiger partial charge in [-0.1, -0.05) is 39.8 Å². The lowest BCUT2D eigenvalue weighted by Gasteiger charge is -2.42.